The van der Waals surface area contributed by atoms with Gasteiger partial charge >= 0.3 is 0 Å². The van der Waals surface area contributed by atoms with Crippen molar-refractivity contribution < 1.29 is 4.84 Å². The highest BCUT2D eigenvalue weighted by molar-refractivity contribution is 5.56. The summed E-state index contributed by atoms with van der Waals surface area (Å²) in [4.78, 5) is 10.7. The number of pyridine rings is 1. The van der Waals surface area contributed by atoms with Gasteiger partial charge in [0.1, 0.15) is 13.2 Å². The highest BCUT2D eigenvalue weighted by atomic mass is 16.7. The van der Waals surface area contributed by atoms with Crippen molar-refractivity contribution in [2.24, 2.45) is 0 Å². The third-order valence-electron chi connectivity index (χ3n) is 3.99. The first-order chi connectivity index (χ1) is 11.8. The maximum absolute atomic E-state index is 6.46. The smallest absolute Gasteiger partial charge is 0.170 e. The van der Waals surface area contributed by atoms with Crippen LogP contribution in [0.15, 0.2) is 85.2 Å². The molecule has 0 unspecified atom stereocenters. The monoisotopic (exact) mass is 319 g/mol. The standard InChI is InChI=1S/C21H23N2O/c1-2-16-24-23(20-11-5-3-6-12-20,21-13-7-4-8-14-21)18-19-10-9-15-22-17-19/h3-15,17H,2,16,18H2,1H3/q+1. The Balaban J connectivity index is 2.12. The fourth-order valence-corrected chi connectivity index (χ4v) is 2.86. The SMILES string of the molecule is CCCO[N+](Cc1cccnc1)(c1ccccc1)c1ccccc1. The predicted octanol–water partition coefficient (Wildman–Crippen LogP) is 5.26. The second-order valence-electron chi connectivity index (χ2n) is 5.76. The van der Waals surface area contributed by atoms with Crippen LogP contribution in [0.4, 0.5) is 11.4 Å². The molecule has 0 bridgehead atoms. The van der Waals surface area contributed by atoms with E-state index in [2.05, 4.69) is 66.5 Å². The molecule has 0 aliphatic heterocycles. The predicted molar refractivity (Wildman–Crippen MR) is 98.5 cm³/mol. The summed E-state index contributed by atoms with van der Waals surface area (Å²) in [5.41, 5.74) is 3.36. The molecule has 0 spiro atoms. The Labute approximate surface area is 143 Å². The lowest BCUT2D eigenvalue weighted by atomic mass is 10.2. The fraction of sp³-hybridized carbons (Fsp3) is 0.190. The van der Waals surface area contributed by atoms with Gasteiger partial charge in [-0.3, -0.25) is 4.98 Å². The summed E-state index contributed by atoms with van der Waals surface area (Å²) < 4.78 is 0.335. The van der Waals surface area contributed by atoms with Crippen LogP contribution in [0, 0.1) is 0 Å². The fourth-order valence-electron chi connectivity index (χ4n) is 2.86. The second-order valence-corrected chi connectivity index (χ2v) is 5.76. The number of hydrogen-bond donors (Lipinski definition) is 0. The van der Waals surface area contributed by atoms with Crippen molar-refractivity contribution in [3.8, 4) is 0 Å². The van der Waals surface area contributed by atoms with Crippen molar-refractivity contribution in [1.82, 2.24) is 9.63 Å². The minimum absolute atomic E-state index is 0.335. The Hall–Kier alpha value is -2.49. The first kappa shape index (κ1) is 16.4. The molecule has 0 fully saturated rings. The molecular formula is C21H23N2O+. The van der Waals surface area contributed by atoms with E-state index >= 15 is 0 Å². The first-order valence-corrected chi connectivity index (χ1v) is 8.38. The Morgan fingerprint density at radius 2 is 1.46 bits per heavy atom. The summed E-state index contributed by atoms with van der Waals surface area (Å²) in [6, 6.07) is 24.9. The maximum Gasteiger partial charge on any atom is 0.170 e. The van der Waals surface area contributed by atoms with Crippen molar-refractivity contribution in [2.75, 3.05) is 6.61 Å². The molecule has 0 atom stereocenters. The molecule has 2 aromatic carbocycles. The van der Waals surface area contributed by atoms with E-state index in [1.807, 2.05) is 24.4 Å². The molecule has 3 heteroatoms. The zero-order valence-corrected chi connectivity index (χ0v) is 14.0. The van der Waals surface area contributed by atoms with Gasteiger partial charge in [-0.15, -0.1) is 4.65 Å². The average Bonchev–Trinajstić information content (AvgIpc) is 2.67. The maximum atomic E-state index is 6.46. The van der Waals surface area contributed by atoms with E-state index in [9.17, 15) is 0 Å². The molecule has 3 aromatic rings. The van der Waals surface area contributed by atoms with Crippen LogP contribution in [0.2, 0.25) is 0 Å². The largest absolute Gasteiger partial charge is 0.264 e. The van der Waals surface area contributed by atoms with Crippen LogP contribution in [0.25, 0.3) is 0 Å². The van der Waals surface area contributed by atoms with Crippen LogP contribution in [-0.2, 0) is 11.4 Å². The van der Waals surface area contributed by atoms with E-state index in [0.717, 1.165) is 23.4 Å². The summed E-state index contributed by atoms with van der Waals surface area (Å²) in [7, 11) is 0. The van der Waals surface area contributed by atoms with Gasteiger partial charge in [0.05, 0.1) is 0 Å². The number of aromatic nitrogens is 1. The molecular weight excluding hydrogens is 296 g/mol. The van der Waals surface area contributed by atoms with Gasteiger partial charge in [-0.2, -0.15) is 4.84 Å². The second kappa shape index (κ2) is 7.86. The van der Waals surface area contributed by atoms with Gasteiger partial charge < -0.3 is 0 Å². The Bertz CT molecular complexity index is 690. The minimum atomic E-state index is 0.335. The normalized spacial score (nSPS) is 11.4. The lowest BCUT2D eigenvalue weighted by Crippen LogP contribution is -2.43. The molecule has 0 radical (unpaired) electrons. The lowest BCUT2D eigenvalue weighted by Gasteiger charge is -2.34. The zero-order chi connectivity index (χ0) is 16.7. The average molecular weight is 319 g/mol. The molecule has 0 saturated carbocycles. The van der Waals surface area contributed by atoms with Crippen LogP contribution in [-0.4, -0.2) is 11.6 Å². The van der Waals surface area contributed by atoms with Gasteiger partial charge in [0, 0.05) is 42.2 Å². The molecule has 24 heavy (non-hydrogen) atoms. The molecule has 0 aliphatic rings. The Morgan fingerprint density at radius 3 is 1.96 bits per heavy atom. The van der Waals surface area contributed by atoms with Crippen LogP contribution in [0.3, 0.4) is 0 Å². The molecule has 0 amide bonds. The van der Waals surface area contributed by atoms with Crippen molar-refractivity contribution in [1.29, 1.82) is 0 Å². The first-order valence-electron chi connectivity index (χ1n) is 8.38. The molecule has 122 valence electrons. The van der Waals surface area contributed by atoms with Gasteiger partial charge in [0.25, 0.3) is 0 Å². The van der Waals surface area contributed by atoms with E-state index in [1.165, 1.54) is 0 Å². The van der Waals surface area contributed by atoms with E-state index in [4.69, 9.17) is 4.84 Å². The van der Waals surface area contributed by atoms with Gasteiger partial charge in [0.2, 0.25) is 0 Å². The molecule has 0 N–H and O–H groups in total. The highest BCUT2D eigenvalue weighted by Gasteiger charge is 2.36. The molecule has 1 heterocycles. The number of benzene rings is 2. The Morgan fingerprint density at radius 1 is 0.833 bits per heavy atom. The van der Waals surface area contributed by atoms with Crippen molar-refractivity contribution in [2.45, 2.75) is 19.9 Å². The number of quaternary nitrogens is 1. The molecule has 0 saturated heterocycles. The number of hydroxylamine groups is 1. The number of rotatable bonds is 7. The van der Waals surface area contributed by atoms with Crippen molar-refractivity contribution in [3.05, 3.63) is 90.8 Å². The topological polar surface area (TPSA) is 22.1 Å². The van der Waals surface area contributed by atoms with Crippen LogP contribution in [0.1, 0.15) is 18.9 Å². The van der Waals surface area contributed by atoms with Gasteiger partial charge in [-0.05, 0) is 12.5 Å². The van der Waals surface area contributed by atoms with Gasteiger partial charge in [-0.25, -0.2) is 0 Å². The number of nitrogens with zero attached hydrogens (tertiary/aromatic N) is 2. The van der Waals surface area contributed by atoms with Gasteiger partial charge in [0.15, 0.2) is 11.4 Å². The quantitative estimate of drug-likeness (QED) is 0.437. The lowest BCUT2D eigenvalue weighted by molar-refractivity contribution is -0.111. The molecule has 3 nitrogen and oxygen atoms in total. The molecule has 0 aliphatic carbocycles. The van der Waals surface area contributed by atoms with Crippen LogP contribution < -0.4 is 4.65 Å². The highest BCUT2D eigenvalue weighted by Crippen LogP contribution is 2.37. The summed E-state index contributed by atoms with van der Waals surface area (Å²) in [5, 5.41) is 0. The zero-order valence-electron chi connectivity index (χ0n) is 14.0. The van der Waals surface area contributed by atoms with E-state index in [1.54, 1.807) is 6.20 Å². The van der Waals surface area contributed by atoms with E-state index in [0.29, 0.717) is 17.8 Å². The number of hydrogen-bond acceptors (Lipinski definition) is 2. The van der Waals surface area contributed by atoms with Gasteiger partial charge in [-0.1, -0.05) is 49.4 Å². The third-order valence-corrected chi connectivity index (χ3v) is 3.99. The van der Waals surface area contributed by atoms with Crippen LogP contribution in [0.5, 0.6) is 0 Å². The van der Waals surface area contributed by atoms with E-state index in [-0.39, 0.29) is 0 Å². The van der Waals surface area contributed by atoms with Crippen LogP contribution >= 0.6 is 0 Å². The molecule has 1 aromatic heterocycles. The Kier molecular flexibility index (Phi) is 5.36. The third kappa shape index (κ3) is 3.53. The minimum Gasteiger partial charge on any atom is -0.264 e. The molecule has 3 rings (SSSR count). The van der Waals surface area contributed by atoms with Crippen molar-refractivity contribution >= 4 is 11.4 Å². The number of para-hydroxylation sites is 2. The summed E-state index contributed by atoms with van der Waals surface area (Å²) in [6.45, 7) is 3.51. The summed E-state index contributed by atoms with van der Waals surface area (Å²) in [6.07, 6.45) is 4.68. The summed E-state index contributed by atoms with van der Waals surface area (Å²) in [5.74, 6) is 0. The van der Waals surface area contributed by atoms with E-state index < -0.39 is 0 Å². The summed E-state index contributed by atoms with van der Waals surface area (Å²) >= 11 is 0. The van der Waals surface area contributed by atoms with Crippen molar-refractivity contribution in [3.63, 3.8) is 0 Å².